The van der Waals surface area contributed by atoms with Gasteiger partial charge in [-0.15, -0.1) is 0 Å². The van der Waals surface area contributed by atoms with Crippen LogP contribution in [0.25, 0.3) is 0 Å². The van der Waals surface area contributed by atoms with E-state index in [-0.39, 0.29) is 0 Å². The number of rotatable bonds is 8. The van der Waals surface area contributed by atoms with Gasteiger partial charge >= 0.3 is 6.18 Å². The molecule has 0 saturated heterocycles. The molecule has 0 aliphatic heterocycles. The summed E-state index contributed by atoms with van der Waals surface area (Å²) in [6, 6.07) is 2.34. The van der Waals surface area contributed by atoms with Crippen LogP contribution in [0.4, 0.5) is 13.2 Å². The SMILES string of the molecule is CCCCN(CC)C(=O)C(C)NS(=O)(=O)c1cccc(C(F)(F)F)c1. The largest absolute Gasteiger partial charge is 0.416 e. The molecule has 0 aliphatic carbocycles. The summed E-state index contributed by atoms with van der Waals surface area (Å²) in [7, 11) is -4.25. The van der Waals surface area contributed by atoms with Gasteiger partial charge in [-0.25, -0.2) is 8.42 Å². The number of benzene rings is 1. The van der Waals surface area contributed by atoms with Gasteiger partial charge in [-0.2, -0.15) is 17.9 Å². The van der Waals surface area contributed by atoms with Crippen LogP contribution in [0.3, 0.4) is 0 Å². The third kappa shape index (κ3) is 6.00. The molecule has 0 saturated carbocycles. The van der Waals surface area contributed by atoms with Crippen molar-refractivity contribution in [1.82, 2.24) is 9.62 Å². The van der Waals surface area contributed by atoms with Crippen molar-refractivity contribution >= 4 is 15.9 Å². The zero-order valence-corrected chi connectivity index (χ0v) is 15.2. The van der Waals surface area contributed by atoms with Gasteiger partial charge in [0.05, 0.1) is 16.5 Å². The summed E-state index contributed by atoms with van der Waals surface area (Å²) < 4.78 is 65.0. The quantitative estimate of drug-likeness (QED) is 0.754. The highest BCUT2D eigenvalue weighted by molar-refractivity contribution is 7.89. The summed E-state index contributed by atoms with van der Waals surface area (Å²) in [5.74, 6) is -0.411. The Morgan fingerprint density at radius 2 is 1.92 bits per heavy atom. The van der Waals surface area contributed by atoms with E-state index in [2.05, 4.69) is 4.72 Å². The number of hydrogen-bond donors (Lipinski definition) is 1. The van der Waals surface area contributed by atoms with Crippen LogP contribution in [0.1, 0.15) is 39.2 Å². The number of alkyl halides is 3. The average molecular weight is 380 g/mol. The molecular weight excluding hydrogens is 357 g/mol. The normalized spacial score (nSPS) is 13.5. The van der Waals surface area contributed by atoms with E-state index >= 15 is 0 Å². The van der Waals surface area contributed by atoms with Crippen LogP contribution in [-0.2, 0) is 21.0 Å². The van der Waals surface area contributed by atoms with E-state index in [9.17, 15) is 26.4 Å². The smallest absolute Gasteiger partial charge is 0.342 e. The van der Waals surface area contributed by atoms with Crippen LogP contribution in [0.15, 0.2) is 29.2 Å². The third-order valence-corrected chi connectivity index (χ3v) is 5.19. The second-order valence-electron chi connectivity index (χ2n) is 5.64. The molecule has 0 heterocycles. The molecule has 1 amide bonds. The molecule has 25 heavy (non-hydrogen) atoms. The van der Waals surface area contributed by atoms with Crippen LogP contribution in [0, 0.1) is 0 Å². The summed E-state index contributed by atoms with van der Waals surface area (Å²) in [6.45, 7) is 6.05. The van der Waals surface area contributed by atoms with E-state index in [0.29, 0.717) is 19.2 Å². The first-order chi connectivity index (χ1) is 11.5. The molecule has 0 radical (unpaired) electrons. The lowest BCUT2D eigenvalue weighted by molar-refractivity contribution is -0.137. The maximum atomic E-state index is 12.7. The highest BCUT2D eigenvalue weighted by Gasteiger charge is 2.32. The Morgan fingerprint density at radius 3 is 2.44 bits per heavy atom. The van der Waals surface area contributed by atoms with Crippen molar-refractivity contribution in [2.24, 2.45) is 0 Å². The van der Waals surface area contributed by atoms with Crippen molar-refractivity contribution in [3.63, 3.8) is 0 Å². The molecule has 0 bridgehead atoms. The van der Waals surface area contributed by atoms with Crippen LogP contribution in [0.5, 0.6) is 0 Å². The first-order valence-electron chi connectivity index (χ1n) is 8.01. The molecule has 5 nitrogen and oxygen atoms in total. The highest BCUT2D eigenvalue weighted by atomic mass is 32.2. The Hall–Kier alpha value is -1.61. The number of carbonyl (C=O) groups is 1. The first kappa shape index (κ1) is 21.4. The molecule has 1 aromatic carbocycles. The molecule has 1 atom stereocenters. The highest BCUT2D eigenvalue weighted by Crippen LogP contribution is 2.30. The maximum absolute atomic E-state index is 12.7. The van der Waals surface area contributed by atoms with Gasteiger partial charge in [-0.1, -0.05) is 19.4 Å². The minimum Gasteiger partial charge on any atom is -0.342 e. The molecule has 9 heteroatoms. The molecule has 0 spiro atoms. The van der Waals surface area contributed by atoms with Crippen molar-refractivity contribution in [2.75, 3.05) is 13.1 Å². The number of amides is 1. The van der Waals surface area contributed by atoms with Crippen LogP contribution >= 0.6 is 0 Å². The topological polar surface area (TPSA) is 66.5 Å². The lowest BCUT2D eigenvalue weighted by Crippen LogP contribution is -2.47. The summed E-state index contributed by atoms with van der Waals surface area (Å²) in [5, 5.41) is 0. The second kappa shape index (κ2) is 8.66. The molecule has 142 valence electrons. The fourth-order valence-electron chi connectivity index (χ4n) is 2.24. The summed E-state index contributed by atoms with van der Waals surface area (Å²) >= 11 is 0. The van der Waals surface area contributed by atoms with Gasteiger partial charge in [0, 0.05) is 13.1 Å². The van der Waals surface area contributed by atoms with Crippen molar-refractivity contribution in [2.45, 2.75) is 50.7 Å². The predicted octanol–water partition coefficient (Wildman–Crippen LogP) is 3.02. The summed E-state index contributed by atoms with van der Waals surface area (Å²) in [5.41, 5.74) is -1.06. The Balaban J connectivity index is 2.95. The molecule has 1 rings (SSSR count). The number of nitrogens with zero attached hydrogens (tertiary/aromatic N) is 1. The number of halogens is 3. The number of likely N-dealkylation sites (N-methyl/N-ethyl adjacent to an activating group) is 1. The molecule has 1 unspecified atom stereocenters. The Bertz CT molecular complexity index is 690. The van der Waals surface area contributed by atoms with E-state index in [1.165, 1.54) is 11.8 Å². The number of sulfonamides is 1. The number of hydrogen-bond acceptors (Lipinski definition) is 3. The molecule has 0 aliphatic rings. The molecule has 0 fully saturated rings. The van der Waals surface area contributed by atoms with Gasteiger partial charge < -0.3 is 4.90 Å². The number of carbonyl (C=O) groups excluding carboxylic acids is 1. The third-order valence-electron chi connectivity index (χ3n) is 3.65. The van der Waals surface area contributed by atoms with Crippen LogP contribution in [0.2, 0.25) is 0 Å². The summed E-state index contributed by atoms with van der Waals surface area (Å²) in [4.78, 5) is 13.3. The predicted molar refractivity (Wildman–Crippen MR) is 88.4 cm³/mol. The standard InChI is InChI=1S/C16H23F3N2O3S/c1-4-6-10-21(5-2)15(22)12(3)20-25(23,24)14-9-7-8-13(11-14)16(17,18)19/h7-9,11-12,20H,4-6,10H2,1-3H3. The number of unbranched alkanes of at least 4 members (excludes halogenated alkanes) is 1. The minimum absolute atomic E-state index is 0.411. The zero-order chi connectivity index (χ0) is 19.3. The Labute approximate surface area is 146 Å². The van der Waals surface area contributed by atoms with E-state index < -0.39 is 38.6 Å². The van der Waals surface area contributed by atoms with Gasteiger partial charge in [0.2, 0.25) is 15.9 Å². The average Bonchev–Trinajstić information content (AvgIpc) is 2.54. The minimum atomic E-state index is -4.65. The van der Waals surface area contributed by atoms with E-state index in [0.717, 1.165) is 31.0 Å². The van der Waals surface area contributed by atoms with Crippen LogP contribution < -0.4 is 4.72 Å². The molecule has 0 aromatic heterocycles. The van der Waals surface area contributed by atoms with Gasteiger partial charge in [0.15, 0.2) is 0 Å². The van der Waals surface area contributed by atoms with Gasteiger partial charge in [0.1, 0.15) is 0 Å². The molecule has 1 N–H and O–H groups in total. The molecular formula is C16H23F3N2O3S. The van der Waals surface area contributed by atoms with Crippen molar-refractivity contribution in [1.29, 1.82) is 0 Å². The summed E-state index contributed by atoms with van der Waals surface area (Å²) in [6.07, 6.45) is -2.98. The van der Waals surface area contributed by atoms with E-state index in [4.69, 9.17) is 0 Å². The van der Waals surface area contributed by atoms with Crippen molar-refractivity contribution in [3.05, 3.63) is 29.8 Å². The lowest BCUT2D eigenvalue weighted by atomic mass is 10.2. The van der Waals surface area contributed by atoms with Crippen LogP contribution in [-0.4, -0.2) is 38.4 Å². The fraction of sp³-hybridized carbons (Fsp3) is 0.562. The van der Waals surface area contributed by atoms with Gasteiger partial charge in [-0.05, 0) is 38.5 Å². The zero-order valence-electron chi connectivity index (χ0n) is 14.4. The van der Waals surface area contributed by atoms with E-state index in [1.54, 1.807) is 6.92 Å². The number of nitrogens with one attached hydrogen (secondary N) is 1. The Morgan fingerprint density at radius 1 is 1.28 bits per heavy atom. The first-order valence-corrected chi connectivity index (χ1v) is 9.49. The molecule has 1 aromatic rings. The second-order valence-corrected chi connectivity index (χ2v) is 7.35. The monoisotopic (exact) mass is 380 g/mol. The van der Waals surface area contributed by atoms with E-state index in [1.807, 2.05) is 6.92 Å². The maximum Gasteiger partial charge on any atom is 0.416 e. The fourth-order valence-corrected chi connectivity index (χ4v) is 3.48. The van der Waals surface area contributed by atoms with Crippen molar-refractivity contribution in [3.8, 4) is 0 Å². The van der Waals surface area contributed by atoms with Gasteiger partial charge in [0.25, 0.3) is 0 Å². The Kier molecular flexibility index (Phi) is 7.43. The lowest BCUT2D eigenvalue weighted by Gasteiger charge is -2.24. The van der Waals surface area contributed by atoms with Crippen molar-refractivity contribution < 1.29 is 26.4 Å². The van der Waals surface area contributed by atoms with Gasteiger partial charge in [-0.3, -0.25) is 4.79 Å².